The maximum atomic E-state index is 6.18. The summed E-state index contributed by atoms with van der Waals surface area (Å²) in [6.45, 7) is 13.9. The minimum Gasteiger partial charge on any atom is -0.357 e. The Labute approximate surface area is 169 Å². The van der Waals surface area contributed by atoms with Gasteiger partial charge in [0.15, 0.2) is 0 Å². The first kappa shape index (κ1) is 23.0. The monoisotopic (exact) mass is 388 g/mol. The molecule has 1 fully saturated rings. The first-order valence-corrected chi connectivity index (χ1v) is 9.55. The highest BCUT2D eigenvalue weighted by Crippen LogP contribution is 2.34. The highest BCUT2D eigenvalue weighted by atomic mass is 35.5. The number of benzene rings is 1. The summed E-state index contributed by atoms with van der Waals surface area (Å²) in [5.41, 5.74) is 4.02. The second-order valence-electron chi connectivity index (χ2n) is 6.15. The lowest BCUT2D eigenvalue weighted by atomic mass is 10.1. The summed E-state index contributed by atoms with van der Waals surface area (Å²) >= 11 is 6.18. The van der Waals surface area contributed by atoms with Gasteiger partial charge in [0.25, 0.3) is 0 Å². The second kappa shape index (κ2) is 11.0. The molecule has 2 heterocycles. The summed E-state index contributed by atoms with van der Waals surface area (Å²) < 4.78 is 0. The Bertz CT molecular complexity index is 726. The van der Waals surface area contributed by atoms with Crippen LogP contribution in [0, 0.1) is 0 Å². The molecule has 0 amide bonds. The largest absolute Gasteiger partial charge is 0.357 e. The van der Waals surface area contributed by atoms with Gasteiger partial charge in [-0.25, -0.2) is 4.99 Å². The zero-order valence-corrected chi connectivity index (χ0v) is 17.0. The van der Waals surface area contributed by atoms with E-state index in [1.165, 1.54) is 0 Å². The van der Waals surface area contributed by atoms with Gasteiger partial charge in [0, 0.05) is 42.5 Å². The number of hydrogen-bond donors (Lipinski definition) is 1. The molecule has 1 saturated heterocycles. The summed E-state index contributed by atoms with van der Waals surface area (Å²) in [4.78, 5) is 9.66. The van der Waals surface area contributed by atoms with Crippen molar-refractivity contribution in [3.63, 3.8) is 0 Å². The SMILES string of the molecule is C.C=C/C=C\C1=C(C)Nc2ccc(Cl)cc2N=C1N1CCN(C)CC1.CC. The molecule has 1 aromatic rings. The van der Waals surface area contributed by atoms with Crippen LogP contribution in [0.1, 0.15) is 28.2 Å². The first-order valence-electron chi connectivity index (χ1n) is 9.17. The van der Waals surface area contributed by atoms with E-state index in [2.05, 4.69) is 41.7 Å². The summed E-state index contributed by atoms with van der Waals surface area (Å²) in [6, 6.07) is 5.77. The van der Waals surface area contributed by atoms with Crippen molar-refractivity contribution in [1.82, 2.24) is 9.80 Å². The van der Waals surface area contributed by atoms with Crippen LogP contribution in [-0.4, -0.2) is 48.9 Å². The molecule has 0 unspecified atom stereocenters. The van der Waals surface area contributed by atoms with E-state index >= 15 is 0 Å². The van der Waals surface area contributed by atoms with E-state index in [-0.39, 0.29) is 7.43 Å². The van der Waals surface area contributed by atoms with Gasteiger partial charge in [-0.3, -0.25) is 0 Å². The predicted molar refractivity (Wildman–Crippen MR) is 121 cm³/mol. The average molecular weight is 389 g/mol. The molecule has 0 radical (unpaired) electrons. The van der Waals surface area contributed by atoms with Gasteiger partial charge in [-0.1, -0.05) is 51.6 Å². The summed E-state index contributed by atoms with van der Waals surface area (Å²) in [5, 5.41) is 4.16. The van der Waals surface area contributed by atoms with E-state index < -0.39 is 0 Å². The zero-order chi connectivity index (χ0) is 19.1. The number of piperazine rings is 1. The molecule has 5 heteroatoms. The summed E-state index contributed by atoms with van der Waals surface area (Å²) in [6.07, 6.45) is 5.81. The number of amidine groups is 1. The highest BCUT2D eigenvalue weighted by Gasteiger charge is 2.23. The zero-order valence-electron chi connectivity index (χ0n) is 16.2. The van der Waals surface area contributed by atoms with Crippen LogP contribution in [0.4, 0.5) is 11.4 Å². The lowest BCUT2D eigenvalue weighted by Gasteiger charge is -2.35. The van der Waals surface area contributed by atoms with Crippen molar-refractivity contribution in [2.24, 2.45) is 4.99 Å². The van der Waals surface area contributed by atoms with E-state index in [1.807, 2.05) is 38.1 Å². The highest BCUT2D eigenvalue weighted by molar-refractivity contribution is 6.31. The van der Waals surface area contributed by atoms with Crippen LogP contribution in [0.3, 0.4) is 0 Å². The third kappa shape index (κ3) is 5.72. The van der Waals surface area contributed by atoms with E-state index in [0.717, 1.165) is 54.7 Å². The van der Waals surface area contributed by atoms with Crippen molar-refractivity contribution in [3.05, 3.63) is 59.3 Å². The van der Waals surface area contributed by atoms with Gasteiger partial charge in [0.05, 0.1) is 11.4 Å². The Morgan fingerprint density at radius 1 is 1.19 bits per heavy atom. The Balaban J connectivity index is 0.00000118. The number of nitrogens with one attached hydrogen (secondary N) is 1. The number of allylic oxidation sites excluding steroid dienone is 3. The van der Waals surface area contributed by atoms with Crippen molar-refractivity contribution >= 4 is 28.8 Å². The van der Waals surface area contributed by atoms with Crippen molar-refractivity contribution < 1.29 is 0 Å². The molecule has 27 heavy (non-hydrogen) atoms. The van der Waals surface area contributed by atoms with Crippen LogP contribution in [-0.2, 0) is 0 Å². The van der Waals surface area contributed by atoms with Gasteiger partial charge >= 0.3 is 0 Å². The number of halogens is 1. The number of fused-ring (bicyclic) bond motifs is 1. The standard InChI is InChI=1S/C19H23ClN4.C2H6.CH4/c1-4-5-6-16-14(2)21-17-8-7-15(20)13-18(17)22-19(16)24-11-9-23(3)10-12-24;1-2;/h4-8,13,21H,1,9-12H2,2-3H3;1-2H3;1H4/b6-5-;;. The fourth-order valence-electron chi connectivity index (χ4n) is 2.94. The van der Waals surface area contributed by atoms with Crippen molar-refractivity contribution in [2.75, 3.05) is 38.5 Å². The molecule has 0 aromatic heterocycles. The quantitative estimate of drug-likeness (QED) is 0.657. The van der Waals surface area contributed by atoms with Gasteiger partial charge in [0.1, 0.15) is 5.84 Å². The molecular formula is C22H33ClN4. The number of aliphatic imine (C=N–C) groups is 1. The molecule has 1 N–H and O–H groups in total. The van der Waals surface area contributed by atoms with E-state index in [9.17, 15) is 0 Å². The molecule has 0 spiro atoms. The van der Waals surface area contributed by atoms with Crippen LogP contribution in [0.5, 0.6) is 0 Å². The maximum absolute atomic E-state index is 6.18. The van der Waals surface area contributed by atoms with Crippen LogP contribution in [0.2, 0.25) is 5.02 Å². The van der Waals surface area contributed by atoms with Gasteiger partial charge < -0.3 is 15.1 Å². The second-order valence-corrected chi connectivity index (χ2v) is 6.58. The Kier molecular flexibility index (Phi) is 9.33. The van der Waals surface area contributed by atoms with Gasteiger partial charge in [-0.2, -0.15) is 0 Å². The van der Waals surface area contributed by atoms with Crippen LogP contribution >= 0.6 is 11.6 Å². The van der Waals surface area contributed by atoms with Gasteiger partial charge in [0.2, 0.25) is 0 Å². The molecule has 4 nitrogen and oxygen atoms in total. The topological polar surface area (TPSA) is 30.9 Å². The van der Waals surface area contributed by atoms with Crippen LogP contribution < -0.4 is 5.32 Å². The number of rotatable bonds is 2. The van der Waals surface area contributed by atoms with Crippen molar-refractivity contribution in [2.45, 2.75) is 28.2 Å². The molecule has 2 aliphatic heterocycles. The number of anilines is 1. The molecule has 0 bridgehead atoms. The van der Waals surface area contributed by atoms with Gasteiger partial charge in [-0.15, -0.1) is 0 Å². The Hall–Kier alpha value is -2.04. The fraction of sp³-hybridized carbons (Fsp3) is 0.409. The third-order valence-corrected chi connectivity index (χ3v) is 4.59. The molecule has 1 aromatic carbocycles. The molecule has 148 valence electrons. The molecule has 0 saturated carbocycles. The van der Waals surface area contributed by atoms with Crippen LogP contribution in [0.15, 0.2) is 59.3 Å². The average Bonchev–Trinajstić information content (AvgIpc) is 2.78. The Morgan fingerprint density at radius 2 is 1.85 bits per heavy atom. The molecule has 0 atom stereocenters. The molecule has 0 aliphatic carbocycles. The molecule has 3 rings (SSSR count). The van der Waals surface area contributed by atoms with E-state index in [4.69, 9.17) is 16.6 Å². The number of likely N-dealkylation sites (N-methyl/N-ethyl adjacent to an activating group) is 1. The maximum Gasteiger partial charge on any atom is 0.138 e. The lowest BCUT2D eigenvalue weighted by molar-refractivity contribution is 0.215. The lowest BCUT2D eigenvalue weighted by Crippen LogP contribution is -2.47. The minimum absolute atomic E-state index is 0. The first-order chi connectivity index (χ1) is 12.6. The van der Waals surface area contributed by atoms with E-state index in [1.54, 1.807) is 6.08 Å². The molecule has 2 aliphatic rings. The molecular weight excluding hydrogens is 356 g/mol. The van der Waals surface area contributed by atoms with Crippen molar-refractivity contribution in [1.29, 1.82) is 0 Å². The minimum atomic E-state index is 0. The number of hydrogen-bond acceptors (Lipinski definition) is 4. The Morgan fingerprint density at radius 3 is 2.48 bits per heavy atom. The summed E-state index contributed by atoms with van der Waals surface area (Å²) in [5.74, 6) is 0.993. The van der Waals surface area contributed by atoms with Crippen LogP contribution in [0.25, 0.3) is 0 Å². The van der Waals surface area contributed by atoms with E-state index in [0.29, 0.717) is 5.02 Å². The normalized spacial score (nSPS) is 17.1. The predicted octanol–water partition coefficient (Wildman–Crippen LogP) is 5.72. The smallest absolute Gasteiger partial charge is 0.138 e. The number of nitrogens with zero attached hydrogens (tertiary/aromatic N) is 3. The summed E-state index contributed by atoms with van der Waals surface area (Å²) in [7, 11) is 2.16. The van der Waals surface area contributed by atoms with Gasteiger partial charge in [-0.05, 0) is 38.2 Å². The third-order valence-electron chi connectivity index (χ3n) is 4.35. The fourth-order valence-corrected chi connectivity index (χ4v) is 3.10. The van der Waals surface area contributed by atoms with Crippen molar-refractivity contribution in [3.8, 4) is 0 Å².